The number of aromatic amines is 1. The number of imidazole rings is 1. The predicted molar refractivity (Wildman–Crippen MR) is 107 cm³/mol. The fraction of sp³-hybridized carbons (Fsp3) is 0.429. The van der Waals surface area contributed by atoms with E-state index in [1.54, 1.807) is 0 Å². The highest BCUT2D eigenvalue weighted by molar-refractivity contribution is 5.92. The number of aryl methyl sites for hydroxylation is 2. The number of fused-ring (bicyclic) bond motifs is 1. The molecule has 28 heavy (non-hydrogen) atoms. The SMILES string of the molecule is CCCCn1nc(C(=O)N2CCC[C@H]2c2nc3ccc(C)cc3[nH]2)ccc1=O. The first-order chi connectivity index (χ1) is 13.6. The molecule has 2 aromatic heterocycles. The zero-order chi connectivity index (χ0) is 19.7. The number of carbonyl (C=O) groups is 1. The second-order valence-electron chi connectivity index (χ2n) is 7.43. The Bertz CT molecular complexity index is 1070. The number of nitrogens with one attached hydrogen (secondary N) is 1. The zero-order valence-electron chi connectivity index (χ0n) is 16.3. The second-order valence-corrected chi connectivity index (χ2v) is 7.43. The number of likely N-dealkylation sites (tertiary alicyclic amines) is 1. The van der Waals surface area contributed by atoms with Crippen LogP contribution in [0.3, 0.4) is 0 Å². The van der Waals surface area contributed by atoms with Gasteiger partial charge in [-0.1, -0.05) is 19.4 Å². The van der Waals surface area contributed by atoms with Crippen molar-refractivity contribution in [3.05, 3.63) is 57.8 Å². The van der Waals surface area contributed by atoms with Gasteiger partial charge in [0.25, 0.3) is 11.5 Å². The summed E-state index contributed by atoms with van der Waals surface area (Å²) in [5, 5.41) is 4.32. The maximum Gasteiger partial charge on any atom is 0.274 e. The van der Waals surface area contributed by atoms with Crippen molar-refractivity contribution >= 4 is 16.9 Å². The summed E-state index contributed by atoms with van der Waals surface area (Å²) in [5.74, 6) is 0.662. The standard InChI is InChI=1S/C21H25N5O2/c1-3-4-12-26-19(27)10-9-16(24-26)21(28)25-11-5-6-18(25)20-22-15-8-7-14(2)13-17(15)23-20/h7-10,13,18H,3-6,11-12H2,1-2H3,(H,22,23)/t18-/m0/s1. The Labute approximate surface area is 163 Å². The van der Waals surface area contributed by atoms with E-state index in [4.69, 9.17) is 4.98 Å². The molecule has 146 valence electrons. The third-order valence-electron chi connectivity index (χ3n) is 5.29. The lowest BCUT2D eigenvalue weighted by Gasteiger charge is -2.23. The average Bonchev–Trinajstić information content (AvgIpc) is 3.33. The maximum absolute atomic E-state index is 13.1. The van der Waals surface area contributed by atoms with Gasteiger partial charge in [0.2, 0.25) is 0 Å². The summed E-state index contributed by atoms with van der Waals surface area (Å²) in [7, 11) is 0. The highest BCUT2D eigenvalue weighted by atomic mass is 16.2. The molecule has 1 N–H and O–H groups in total. The van der Waals surface area contributed by atoms with Crippen LogP contribution < -0.4 is 5.56 Å². The molecule has 1 aliphatic heterocycles. The fourth-order valence-electron chi connectivity index (χ4n) is 3.77. The summed E-state index contributed by atoms with van der Waals surface area (Å²) >= 11 is 0. The minimum Gasteiger partial charge on any atom is -0.340 e. The Morgan fingerprint density at radius 1 is 1.29 bits per heavy atom. The van der Waals surface area contributed by atoms with Crippen LogP contribution in [0.25, 0.3) is 11.0 Å². The van der Waals surface area contributed by atoms with Gasteiger partial charge in [-0.2, -0.15) is 5.10 Å². The third kappa shape index (κ3) is 3.44. The van der Waals surface area contributed by atoms with Gasteiger partial charge in [-0.15, -0.1) is 0 Å². The number of benzene rings is 1. The fourth-order valence-corrected chi connectivity index (χ4v) is 3.77. The van der Waals surface area contributed by atoms with E-state index >= 15 is 0 Å². The van der Waals surface area contributed by atoms with Gasteiger partial charge < -0.3 is 9.88 Å². The van der Waals surface area contributed by atoms with Gasteiger partial charge in [0.1, 0.15) is 11.5 Å². The van der Waals surface area contributed by atoms with E-state index in [-0.39, 0.29) is 17.5 Å². The van der Waals surface area contributed by atoms with Gasteiger partial charge in [0.15, 0.2) is 0 Å². The van der Waals surface area contributed by atoms with Gasteiger partial charge in [0.05, 0.1) is 17.1 Å². The van der Waals surface area contributed by atoms with Crippen molar-refractivity contribution in [3.63, 3.8) is 0 Å². The predicted octanol–water partition coefficient (Wildman–Crippen LogP) is 3.21. The maximum atomic E-state index is 13.1. The minimum absolute atomic E-state index is 0.0991. The number of nitrogens with zero attached hydrogens (tertiary/aromatic N) is 4. The molecule has 0 spiro atoms. The molecule has 0 aliphatic carbocycles. The van der Waals surface area contributed by atoms with E-state index in [0.29, 0.717) is 18.8 Å². The van der Waals surface area contributed by atoms with E-state index in [9.17, 15) is 9.59 Å². The molecule has 0 radical (unpaired) electrons. The van der Waals surface area contributed by atoms with Gasteiger partial charge >= 0.3 is 0 Å². The van der Waals surface area contributed by atoms with Crippen molar-refractivity contribution < 1.29 is 4.79 Å². The summed E-state index contributed by atoms with van der Waals surface area (Å²) in [6, 6.07) is 8.97. The molecular formula is C21H25N5O2. The Morgan fingerprint density at radius 2 is 2.14 bits per heavy atom. The first kappa shape index (κ1) is 18.4. The Balaban J connectivity index is 1.62. The highest BCUT2D eigenvalue weighted by Gasteiger charge is 2.33. The Morgan fingerprint density at radius 3 is 2.96 bits per heavy atom. The lowest BCUT2D eigenvalue weighted by atomic mass is 10.2. The van der Waals surface area contributed by atoms with Crippen LogP contribution in [0.15, 0.2) is 35.1 Å². The molecule has 1 aromatic carbocycles. The van der Waals surface area contributed by atoms with E-state index in [1.807, 2.05) is 24.0 Å². The minimum atomic E-state index is -0.171. The molecule has 3 heterocycles. The molecule has 1 aliphatic rings. The average molecular weight is 379 g/mol. The quantitative estimate of drug-likeness (QED) is 0.738. The molecule has 1 saturated heterocycles. The summed E-state index contributed by atoms with van der Waals surface area (Å²) in [4.78, 5) is 35.1. The smallest absolute Gasteiger partial charge is 0.274 e. The van der Waals surface area contributed by atoms with Gasteiger partial charge in [0, 0.05) is 19.2 Å². The van der Waals surface area contributed by atoms with E-state index in [2.05, 4.69) is 23.1 Å². The largest absolute Gasteiger partial charge is 0.340 e. The normalized spacial score (nSPS) is 16.8. The summed E-state index contributed by atoms with van der Waals surface area (Å²) in [6.07, 6.45) is 3.60. The molecule has 0 saturated carbocycles. The number of carbonyl (C=O) groups excluding carboxylic acids is 1. The molecule has 7 nitrogen and oxygen atoms in total. The van der Waals surface area contributed by atoms with Gasteiger partial charge in [-0.05, 0) is 49.9 Å². The van der Waals surface area contributed by atoms with E-state index in [1.165, 1.54) is 22.4 Å². The topological polar surface area (TPSA) is 83.9 Å². The van der Waals surface area contributed by atoms with E-state index in [0.717, 1.165) is 42.5 Å². The van der Waals surface area contributed by atoms with Crippen LogP contribution in [0.4, 0.5) is 0 Å². The number of hydrogen-bond acceptors (Lipinski definition) is 4. The Kier molecular flexibility index (Phi) is 4.98. The second kappa shape index (κ2) is 7.58. The molecule has 7 heteroatoms. The summed E-state index contributed by atoms with van der Waals surface area (Å²) < 4.78 is 1.39. The molecule has 3 aromatic rings. The van der Waals surface area contributed by atoms with Crippen LogP contribution in [-0.2, 0) is 6.54 Å². The van der Waals surface area contributed by atoms with Crippen LogP contribution in [0, 0.1) is 6.92 Å². The molecule has 0 bridgehead atoms. The number of amides is 1. The number of rotatable bonds is 5. The first-order valence-corrected chi connectivity index (χ1v) is 9.92. The molecule has 1 amide bonds. The van der Waals surface area contributed by atoms with Crippen LogP contribution >= 0.6 is 0 Å². The van der Waals surface area contributed by atoms with Gasteiger partial charge in [-0.3, -0.25) is 9.59 Å². The van der Waals surface area contributed by atoms with Crippen LogP contribution in [0.5, 0.6) is 0 Å². The van der Waals surface area contributed by atoms with Crippen molar-refractivity contribution in [1.29, 1.82) is 0 Å². The van der Waals surface area contributed by atoms with E-state index < -0.39 is 0 Å². The van der Waals surface area contributed by atoms with Crippen molar-refractivity contribution in [3.8, 4) is 0 Å². The number of H-pyrrole nitrogens is 1. The van der Waals surface area contributed by atoms with Crippen molar-refractivity contribution in [2.45, 2.75) is 52.1 Å². The lowest BCUT2D eigenvalue weighted by molar-refractivity contribution is 0.0721. The third-order valence-corrected chi connectivity index (χ3v) is 5.29. The number of hydrogen-bond donors (Lipinski definition) is 1. The van der Waals surface area contributed by atoms with Crippen LogP contribution in [-0.4, -0.2) is 37.1 Å². The van der Waals surface area contributed by atoms with Gasteiger partial charge in [-0.25, -0.2) is 9.67 Å². The zero-order valence-corrected chi connectivity index (χ0v) is 16.3. The number of unbranched alkanes of at least 4 members (excludes halogenated alkanes) is 1. The van der Waals surface area contributed by atoms with Crippen LogP contribution in [0.2, 0.25) is 0 Å². The van der Waals surface area contributed by atoms with Crippen LogP contribution in [0.1, 0.15) is 60.5 Å². The first-order valence-electron chi connectivity index (χ1n) is 9.92. The van der Waals surface area contributed by atoms with Crippen molar-refractivity contribution in [2.75, 3.05) is 6.54 Å². The molecule has 1 atom stereocenters. The lowest BCUT2D eigenvalue weighted by Crippen LogP contribution is -2.34. The summed E-state index contributed by atoms with van der Waals surface area (Å²) in [5.41, 5.74) is 3.21. The molecular weight excluding hydrogens is 354 g/mol. The van der Waals surface area contributed by atoms with Crippen molar-refractivity contribution in [2.24, 2.45) is 0 Å². The molecule has 0 unspecified atom stereocenters. The highest BCUT2D eigenvalue weighted by Crippen LogP contribution is 2.32. The molecule has 4 rings (SSSR count). The van der Waals surface area contributed by atoms with Crippen molar-refractivity contribution in [1.82, 2.24) is 24.6 Å². The summed E-state index contributed by atoms with van der Waals surface area (Å²) in [6.45, 7) is 5.30. The monoisotopic (exact) mass is 379 g/mol. The number of aromatic nitrogens is 4. The Hall–Kier alpha value is -2.96. The molecule has 1 fully saturated rings.